The van der Waals surface area contributed by atoms with Crippen molar-refractivity contribution in [2.24, 2.45) is 5.92 Å². The standard InChI is InChI=1S/C23H28N4O/c1-17(2)16-25-22-15-21(26-23(27-22)19-7-5-4-6-8-19)24-14-13-18-9-11-20(28-3)12-10-18/h4-12,15,17H,13-14,16H2,1-3H3,(H2,24,25,26,27). The lowest BCUT2D eigenvalue weighted by atomic mass is 10.1. The number of anilines is 2. The van der Waals surface area contributed by atoms with Crippen molar-refractivity contribution in [3.05, 3.63) is 66.2 Å². The third kappa shape index (κ3) is 5.71. The van der Waals surface area contributed by atoms with Crippen molar-refractivity contribution in [3.8, 4) is 17.1 Å². The quantitative estimate of drug-likeness (QED) is 0.558. The van der Waals surface area contributed by atoms with Crippen LogP contribution in [0.5, 0.6) is 5.75 Å². The molecular formula is C23H28N4O. The summed E-state index contributed by atoms with van der Waals surface area (Å²) in [5.74, 6) is 3.81. The predicted octanol–water partition coefficient (Wildman–Crippen LogP) is 4.87. The van der Waals surface area contributed by atoms with Gasteiger partial charge in [-0.15, -0.1) is 0 Å². The van der Waals surface area contributed by atoms with Crippen LogP contribution in [0.15, 0.2) is 60.7 Å². The van der Waals surface area contributed by atoms with Crippen LogP contribution < -0.4 is 15.4 Å². The van der Waals surface area contributed by atoms with Crippen LogP contribution in [0.4, 0.5) is 11.6 Å². The van der Waals surface area contributed by atoms with E-state index in [0.717, 1.165) is 48.3 Å². The fourth-order valence-electron chi connectivity index (χ4n) is 2.78. The van der Waals surface area contributed by atoms with E-state index in [1.807, 2.05) is 48.5 Å². The second-order valence-electron chi connectivity index (χ2n) is 7.13. The Labute approximate surface area is 167 Å². The van der Waals surface area contributed by atoms with Crippen LogP contribution in [0.25, 0.3) is 11.4 Å². The van der Waals surface area contributed by atoms with Gasteiger partial charge in [0.05, 0.1) is 7.11 Å². The molecule has 0 aliphatic rings. The Morgan fingerprint density at radius 1 is 0.893 bits per heavy atom. The smallest absolute Gasteiger partial charge is 0.163 e. The number of hydrogen-bond acceptors (Lipinski definition) is 5. The molecule has 28 heavy (non-hydrogen) atoms. The fourth-order valence-corrected chi connectivity index (χ4v) is 2.78. The summed E-state index contributed by atoms with van der Waals surface area (Å²) in [6, 6.07) is 20.2. The minimum absolute atomic E-state index is 0.543. The van der Waals surface area contributed by atoms with Gasteiger partial charge in [0.25, 0.3) is 0 Å². The van der Waals surface area contributed by atoms with E-state index < -0.39 is 0 Å². The summed E-state index contributed by atoms with van der Waals surface area (Å²) in [6.45, 7) is 6.03. The molecule has 3 rings (SSSR count). The monoisotopic (exact) mass is 376 g/mol. The van der Waals surface area contributed by atoms with Gasteiger partial charge in [-0.1, -0.05) is 56.3 Å². The molecule has 2 N–H and O–H groups in total. The highest BCUT2D eigenvalue weighted by atomic mass is 16.5. The van der Waals surface area contributed by atoms with Crippen LogP contribution in [0.2, 0.25) is 0 Å². The first-order valence-corrected chi connectivity index (χ1v) is 9.69. The summed E-state index contributed by atoms with van der Waals surface area (Å²) in [5, 5.41) is 6.85. The molecular weight excluding hydrogens is 348 g/mol. The van der Waals surface area contributed by atoms with Gasteiger partial charge in [0.2, 0.25) is 0 Å². The van der Waals surface area contributed by atoms with Crippen molar-refractivity contribution >= 4 is 11.6 Å². The van der Waals surface area contributed by atoms with Crippen LogP contribution in [0.1, 0.15) is 19.4 Å². The highest BCUT2D eigenvalue weighted by molar-refractivity contribution is 5.61. The maximum Gasteiger partial charge on any atom is 0.163 e. The molecule has 0 amide bonds. The number of methoxy groups -OCH3 is 1. The summed E-state index contributed by atoms with van der Waals surface area (Å²) in [6.07, 6.45) is 0.906. The van der Waals surface area contributed by atoms with Gasteiger partial charge < -0.3 is 15.4 Å². The zero-order valence-corrected chi connectivity index (χ0v) is 16.8. The average Bonchev–Trinajstić information content (AvgIpc) is 2.73. The molecule has 0 unspecified atom stereocenters. The lowest BCUT2D eigenvalue weighted by Gasteiger charge is -2.13. The number of rotatable bonds is 9. The lowest BCUT2D eigenvalue weighted by Crippen LogP contribution is -2.12. The molecule has 0 spiro atoms. The Morgan fingerprint density at radius 3 is 2.21 bits per heavy atom. The van der Waals surface area contributed by atoms with Crippen LogP contribution in [-0.2, 0) is 6.42 Å². The molecule has 5 nitrogen and oxygen atoms in total. The molecule has 5 heteroatoms. The number of nitrogens with zero attached hydrogens (tertiary/aromatic N) is 2. The Hall–Kier alpha value is -3.08. The number of hydrogen-bond donors (Lipinski definition) is 2. The van der Waals surface area contributed by atoms with Crippen molar-refractivity contribution in [1.29, 1.82) is 0 Å². The van der Waals surface area contributed by atoms with E-state index in [-0.39, 0.29) is 0 Å². The summed E-state index contributed by atoms with van der Waals surface area (Å²) < 4.78 is 5.21. The Balaban J connectivity index is 1.71. The van der Waals surface area contributed by atoms with E-state index in [9.17, 15) is 0 Å². The van der Waals surface area contributed by atoms with Crippen LogP contribution >= 0.6 is 0 Å². The van der Waals surface area contributed by atoms with Gasteiger partial charge >= 0.3 is 0 Å². The third-order valence-electron chi connectivity index (χ3n) is 4.33. The van der Waals surface area contributed by atoms with Crippen molar-refractivity contribution in [2.75, 3.05) is 30.8 Å². The Kier molecular flexibility index (Phi) is 6.84. The zero-order chi connectivity index (χ0) is 19.8. The van der Waals surface area contributed by atoms with Gasteiger partial charge in [0.15, 0.2) is 5.82 Å². The van der Waals surface area contributed by atoms with Gasteiger partial charge in [-0.05, 0) is 30.0 Å². The highest BCUT2D eigenvalue weighted by Crippen LogP contribution is 2.20. The van der Waals surface area contributed by atoms with Gasteiger partial charge in [-0.25, -0.2) is 9.97 Å². The first kappa shape index (κ1) is 19.7. The summed E-state index contributed by atoms with van der Waals surface area (Å²) in [5.41, 5.74) is 2.26. The summed E-state index contributed by atoms with van der Waals surface area (Å²) in [4.78, 5) is 9.39. The van der Waals surface area contributed by atoms with Crippen molar-refractivity contribution in [3.63, 3.8) is 0 Å². The van der Waals surface area contributed by atoms with Crippen LogP contribution in [-0.4, -0.2) is 30.2 Å². The molecule has 1 heterocycles. The number of benzene rings is 2. The molecule has 0 radical (unpaired) electrons. The van der Waals surface area contributed by atoms with Crippen molar-refractivity contribution in [2.45, 2.75) is 20.3 Å². The molecule has 0 bridgehead atoms. The maximum atomic E-state index is 5.21. The topological polar surface area (TPSA) is 59.1 Å². The molecule has 0 aliphatic carbocycles. The Morgan fingerprint density at radius 2 is 1.57 bits per heavy atom. The van der Waals surface area contributed by atoms with Crippen molar-refractivity contribution in [1.82, 2.24) is 9.97 Å². The van der Waals surface area contributed by atoms with E-state index in [0.29, 0.717) is 5.92 Å². The highest BCUT2D eigenvalue weighted by Gasteiger charge is 2.07. The van der Waals surface area contributed by atoms with Gasteiger partial charge in [-0.2, -0.15) is 0 Å². The molecule has 0 saturated carbocycles. The first-order chi connectivity index (χ1) is 13.6. The van der Waals surface area contributed by atoms with E-state index in [4.69, 9.17) is 9.72 Å². The molecule has 1 aromatic heterocycles. The van der Waals surface area contributed by atoms with Crippen LogP contribution in [0, 0.1) is 5.92 Å². The minimum Gasteiger partial charge on any atom is -0.497 e. The molecule has 0 saturated heterocycles. The number of nitrogens with one attached hydrogen (secondary N) is 2. The SMILES string of the molecule is COc1ccc(CCNc2cc(NCC(C)C)nc(-c3ccccc3)n2)cc1. The molecule has 3 aromatic rings. The predicted molar refractivity (Wildman–Crippen MR) is 116 cm³/mol. The first-order valence-electron chi connectivity index (χ1n) is 9.69. The molecule has 0 atom stereocenters. The van der Waals surface area contributed by atoms with Gasteiger partial charge in [0.1, 0.15) is 17.4 Å². The van der Waals surface area contributed by atoms with E-state index in [1.165, 1.54) is 5.56 Å². The minimum atomic E-state index is 0.543. The summed E-state index contributed by atoms with van der Waals surface area (Å²) >= 11 is 0. The zero-order valence-electron chi connectivity index (χ0n) is 16.8. The van der Waals surface area contributed by atoms with E-state index in [1.54, 1.807) is 7.11 Å². The van der Waals surface area contributed by atoms with E-state index in [2.05, 4.69) is 41.6 Å². The molecule has 0 fully saturated rings. The van der Waals surface area contributed by atoms with Gasteiger partial charge in [0, 0.05) is 24.7 Å². The normalized spacial score (nSPS) is 10.7. The maximum absolute atomic E-state index is 5.21. The Bertz CT molecular complexity index is 864. The van der Waals surface area contributed by atoms with Crippen molar-refractivity contribution < 1.29 is 4.74 Å². The van der Waals surface area contributed by atoms with E-state index >= 15 is 0 Å². The second-order valence-corrected chi connectivity index (χ2v) is 7.13. The van der Waals surface area contributed by atoms with Gasteiger partial charge in [-0.3, -0.25) is 0 Å². The van der Waals surface area contributed by atoms with Crippen LogP contribution in [0.3, 0.4) is 0 Å². The average molecular weight is 377 g/mol. The third-order valence-corrected chi connectivity index (χ3v) is 4.33. The second kappa shape index (κ2) is 9.74. The fraction of sp³-hybridized carbons (Fsp3) is 0.304. The molecule has 146 valence electrons. The lowest BCUT2D eigenvalue weighted by molar-refractivity contribution is 0.414. The number of aromatic nitrogens is 2. The largest absolute Gasteiger partial charge is 0.497 e. The number of ether oxygens (including phenoxy) is 1. The molecule has 0 aliphatic heterocycles. The molecule has 2 aromatic carbocycles. The summed E-state index contributed by atoms with van der Waals surface area (Å²) in [7, 11) is 1.68.